The maximum Gasteiger partial charge on any atom is 0.175 e. The maximum atomic E-state index is 11.4. The third-order valence-electron chi connectivity index (χ3n) is 2.95. The predicted octanol–water partition coefficient (Wildman–Crippen LogP) is 3.31. The molecule has 0 aliphatic carbocycles. The summed E-state index contributed by atoms with van der Waals surface area (Å²) < 4.78 is 22.8. The normalized spacial score (nSPS) is 12.9. The van der Waals surface area contributed by atoms with Crippen molar-refractivity contribution in [1.82, 2.24) is 4.98 Å². The second-order valence-corrected chi connectivity index (χ2v) is 6.99. The smallest absolute Gasteiger partial charge is 0.175 e. The van der Waals surface area contributed by atoms with Crippen LogP contribution in [-0.2, 0) is 9.84 Å². The summed E-state index contributed by atoms with van der Waals surface area (Å²) in [7, 11) is -3.16. The largest absolute Gasteiger partial charge is 0.376 e. The molecule has 1 N–H and O–H groups in total. The van der Waals surface area contributed by atoms with Crippen LogP contribution in [-0.4, -0.2) is 19.7 Å². The van der Waals surface area contributed by atoms with Gasteiger partial charge in [-0.15, -0.1) is 0 Å². The zero-order chi connectivity index (χ0) is 14.8. The van der Waals surface area contributed by atoms with Crippen LogP contribution in [0.15, 0.2) is 47.6 Å². The van der Waals surface area contributed by atoms with Crippen molar-refractivity contribution in [1.29, 1.82) is 0 Å². The Hall–Kier alpha value is -1.59. The molecule has 1 atom stereocenters. The summed E-state index contributed by atoms with van der Waals surface area (Å²) >= 11 is 6.06. The Morgan fingerprint density at radius 1 is 1.20 bits per heavy atom. The van der Waals surface area contributed by atoms with Crippen molar-refractivity contribution < 1.29 is 8.42 Å². The standard InChI is InChI=1S/C14H15ClN2O2S/c1-10(17-14-9-16-8-7-13(14)15)11-3-5-12(6-4-11)20(2,18)19/h3-10,17H,1-2H3. The fourth-order valence-corrected chi connectivity index (χ4v) is 2.59. The van der Waals surface area contributed by atoms with Crippen molar-refractivity contribution >= 4 is 27.1 Å². The highest BCUT2D eigenvalue weighted by molar-refractivity contribution is 7.90. The first-order chi connectivity index (χ1) is 9.38. The molecule has 4 nitrogen and oxygen atoms in total. The first-order valence-corrected chi connectivity index (χ1v) is 8.31. The molecule has 2 aromatic rings. The van der Waals surface area contributed by atoms with Gasteiger partial charge >= 0.3 is 0 Å². The van der Waals surface area contributed by atoms with Crippen molar-refractivity contribution in [2.75, 3.05) is 11.6 Å². The number of halogens is 1. The van der Waals surface area contributed by atoms with Crippen LogP contribution in [0, 0.1) is 0 Å². The molecule has 0 spiro atoms. The van der Waals surface area contributed by atoms with Crippen LogP contribution in [0.1, 0.15) is 18.5 Å². The minimum atomic E-state index is -3.16. The summed E-state index contributed by atoms with van der Waals surface area (Å²) in [6.07, 6.45) is 4.47. The first kappa shape index (κ1) is 14.8. The zero-order valence-electron chi connectivity index (χ0n) is 11.2. The van der Waals surface area contributed by atoms with Gasteiger partial charge in [0, 0.05) is 18.5 Å². The molecule has 0 amide bonds. The summed E-state index contributed by atoms with van der Waals surface area (Å²) in [5.41, 5.74) is 1.71. The highest BCUT2D eigenvalue weighted by Crippen LogP contribution is 2.25. The summed E-state index contributed by atoms with van der Waals surface area (Å²) in [6.45, 7) is 1.97. The fraction of sp³-hybridized carbons (Fsp3) is 0.214. The van der Waals surface area contributed by atoms with Gasteiger partial charge in [0.05, 0.1) is 21.8 Å². The number of nitrogens with one attached hydrogen (secondary N) is 1. The van der Waals surface area contributed by atoms with Crippen molar-refractivity contribution in [2.24, 2.45) is 0 Å². The minimum absolute atomic E-state index is 0.00897. The molecule has 0 aliphatic rings. The van der Waals surface area contributed by atoms with E-state index in [0.29, 0.717) is 9.92 Å². The zero-order valence-corrected chi connectivity index (χ0v) is 12.7. The average Bonchev–Trinajstić information content (AvgIpc) is 2.40. The molecule has 0 aliphatic heterocycles. The summed E-state index contributed by atoms with van der Waals surface area (Å²) in [6, 6.07) is 8.49. The van der Waals surface area contributed by atoms with E-state index < -0.39 is 9.84 Å². The van der Waals surface area contributed by atoms with Gasteiger partial charge in [-0.3, -0.25) is 4.98 Å². The van der Waals surface area contributed by atoms with Gasteiger partial charge < -0.3 is 5.32 Å². The molecule has 0 bridgehead atoms. The van der Waals surface area contributed by atoms with Gasteiger partial charge in [-0.1, -0.05) is 23.7 Å². The van der Waals surface area contributed by atoms with Crippen LogP contribution in [0.25, 0.3) is 0 Å². The van der Waals surface area contributed by atoms with Crippen LogP contribution in [0.4, 0.5) is 5.69 Å². The van der Waals surface area contributed by atoms with Gasteiger partial charge in [0.2, 0.25) is 0 Å². The number of hydrogen-bond donors (Lipinski definition) is 1. The molecular weight excluding hydrogens is 296 g/mol. The van der Waals surface area contributed by atoms with E-state index in [0.717, 1.165) is 11.3 Å². The molecule has 0 radical (unpaired) electrons. The molecule has 6 heteroatoms. The van der Waals surface area contributed by atoms with E-state index in [9.17, 15) is 8.42 Å². The van der Waals surface area contributed by atoms with Gasteiger partial charge in [-0.05, 0) is 30.7 Å². The van der Waals surface area contributed by atoms with Gasteiger partial charge in [0.1, 0.15) is 0 Å². The second-order valence-electron chi connectivity index (χ2n) is 4.56. The monoisotopic (exact) mass is 310 g/mol. The summed E-state index contributed by atoms with van der Waals surface area (Å²) in [5.74, 6) is 0. The van der Waals surface area contributed by atoms with Crippen molar-refractivity contribution in [3.8, 4) is 0 Å². The lowest BCUT2D eigenvalue weighted by atomic mass is 10.1. The van der Waals surface area contributed by atoms with Crippen LogP contribution < -0.4 is 5.32 Å². The van der Waals surface area contributed by atoms with Gasteiger partial charge in [0.15, 0.2) is 9.84 Å². The molecule has 1 aromatic heterocycles. The molecule has 1 heterocycles. The number of pyridine rings is 1. The lowest BCUT2D eigenvalue weighted by Gasteiger charge is -2.16. The lowest BCUT2D eigenvalue weighted by molar-refractivity contribution is 0.602. The molecule has 106 valence electrons. The van der Waals surface area contributed by atoms with Crippen molar-refractivity contribution in [3.05, 3.63) is 53.3 Å². The molecule has 0 saturated heterocycles. The van der Waals surface area contributed by atoms with Crippen molar-refractivity contribution in [3.63, 3.8) is 0 Å². The Bertz CT molecular complexity index is 699. The molecule has 2 rings (SSSR count). The molecule has 1 unspecified atom stereocenters. The molecule has 0 saturated carbocycles. The quantitative estimate of drug-likeness (QED) is 0.941. The lowest BCUT2D eigenvalue weighted by Crippen LogP contribution is -2.07. The Morgan fingerprint density at radius 3 is 2.40 bits per heavy atom. The second kappa shape index (κ2) is 5.81. The van der Waals surface area contributed by atoms with Crippen LogP contribution in [0.3, 0.4) is 0 Å². The van der Waals surface area contributed by atoms with Gasteiger partial charge in [-0.2, -0.15) is 0 Å². The van der Waals surface area contributed by atoms with Crippen molar-refractivity contribution in [2.45, 2.75) is 17.9 Å². The number of hydrogen-bond acceptors (Lipinski definition) is 4. The number of anilines is 1. The number of nitrogens with zero attached hydrogens (tertiary/aromatic N) is 1. The van der Waals surface area contributed by atoms with Crippen LogP contribution >= 0.6 is 11.6 Å². The third-order valence-corrected chi connectivity index (χ3v) is 4.41. The van der Waals surface area contributed by atoms with E-state index >= 15 is 0 Å². The fourth-order valence-electron chi connectivity index (χ4n) is 1.80. The molecule has 20 heavy (non-hydrogen) atoms. The Balaban J connectivity index is 2.18. The van der Waals surface area contributed by atoms with Crippen LogP contribution in [0.2, 0.25) is 5.02 Å². The summed E-state index contributed by atoms with van der Waals surface area (Å²) in [4.78, 5) is 4.33. The number of rotatable bonds is 4. The predicted molar refractivity (Wildman–Crippen MR) is 80.8 cm³/mol. The highest BCUT2D eigenvalue weighted by Gasteiger charge is 2.10. The molecule has 0 fully saturated rings. The number of sulfone groups is 1. The topological polar surface area (TPSA) is 59.1 Å². The SMILES string of the molecule is CC(Nc1cnccc1Cl)c1ccc(S(C)(=O)=O)cc1. The first-order valence-electron chi connectivity index (χ1n) is 6.04. The molecule has 1 aromatic carbocycles. The number of aromatic nitrogens is 1. The Morgan fingerprint density at radius 2 is 1.85 bits per heavy atom. The van der Waals surface area contributed by atoms with Crippen LogP contribution in [0.5, 0.6) is 0 Å². The van der Waals surface area contributed by atoms with E-state index in [2.05, 4.69) is 10.3 Å². The highest BCUT2D eigenvalue weighted by atomic mass is 35.5. The van der Waals surface area contributed by atoms with E-state index in [4.69, 9.17) is 11.6 Å². The van der Waals surface area contributed by atoms with E-state index in [1.807, 2.05) is 6.92 Å². The van der Waals surface area contributed by atoms with E-state index in [-0.39, 0.29) is 6.04 Å². The summed E-state index contributed by atoms with van der Waals surface area (Å²) in [5, 5.41) is 3.84. The maximum absolute atomic E-state index is 11.4. The van der Waals surface area contributed by atoms with E-state index in [1.165, 1.54) is 6.26 Å². The van der Waals surface area contributed by atoms with Gasteiger partial charge in [-0.25, -0.2) is 8.42 Å². The van der Waals surface area contributed by atoms with Gasteiger partial charge in [0.25, 0.3) is 0 Å². The molecular formula is C14H15ClN2O2S. The van der Waals surface area contributed by atoms with E-state index in [1.54, 1.807) is 42.7 Å². The number of benzene rings is 1. The average molecular weight is 311 g/mol. The minimum Gasteiger partial charge on any atom is -0.376 e. The Labute approximate surface area is 123 Å². The Kier molecular flexibility index (Phi) is 4.30. The third kappa shape index (κ3) is 3.49.